The third-order valence-electron chi connectivity index (χ3n) is 4.85. The van der Waals surface area contributed by atoms with Gasteiger partial charge in [0.1, 0.15) is 17.3 Å². The Kier molecular flexibility index (Phi) is 5.41. The van der Waals surface area contributed by atoms with E-state index in [-0.39, 0.29) is 23.8 Å². The van der Waals surface area contributed by atoms with Gasteiger partial charge >= 0.3 is 7.12 Å². The molecule has 0 bridgehead atoms. The van der Waals surface area contributed by atoms with Crippen LogP contribution in [0.2, 0.25) is 0 Å². The fourth-order valence-electron chi connectivity index (χ4n) is 3.46. The maximum atomic E-state index is 13.4. The Morgan fingerprint density at radius 1 is 1.19 bits per heavy atom. The number of aromatic nitrogens is 3. The van der Waals surface area contributed by atoms with Gasteiger partial charge < -0.3 is 25.5 Å². The summed E-state index contributed by atoms with van der Waals surface area (Å²) in [5.41, 5.74) is 8.52. The lowest BCUT2D eigenvalue weighted by Gasteiger charge is -2.11. The smallest absolute Gasteiger partial charge is 0.422 e. The van der Waals surface area contributed by atoms with Gasteiger partial charge in [0, 0.05) is 18.3 Å². The average molecular weight is 419 g/mol. The summed E-state index contributed by atoms with van der Waals surface area (Å²) in [6.45, 7) is 2.11. The van der Waals surface area contributed by atoms with Crippen LogP contribution in [0.5, 0.6) is 0 Å². The van der Waals surface area contributed by atoms with E-state index < -0.39 is 13.0 Å². The maximum absolute atomic E-state index is 13.4. The Hall–Kier alpha value is -3.76. The second-order valence-electron chi connectivity index (χ2n) is 7.08. The van der Waals surface area contributed by atoms with Gasteiger partial charge in [-0.25, -0.2) is 14.4 Å². The third kappa shape index (κ3) is 4.11. The van der Waals surface area contributed by atoms with Crippen LogP contribution >= 0.6 is 0 Å². The van der Waals surface area contributed by atoms with E-state index in [9.17, 15) is 19.2 Å². The van der Waals surface area contributed by atoms with Crippen molar-refractivity contribution in [2.75, 3.05) is 5.32 Å². The molecule has 3 aromatic heterocycles. The number of primary amides is 1. The summed E-state index contributed by atoms with van der Waals surface area (Å²) in [7, 11) is -1.81. The predicted octanol–water partition coefficient (Wildman–Crippen LogP) is 1.23. The number of fused-ring (bicyclic) bond motifs is 1. The molecule has 31 heavy (non-hydrogen) atoms. The first-order valence-corrected chi connectivity index (χ1v) is 9.48. The van der Waals surface area contributed by atoms with Crippen LogP contribution in [-0.4, -0.2) is 37.4 Å². The topological polar surface area (TPSA) is 126 Å². The van der Waals surface area contributed by atoms with Gasteiger partial charge in [-0.3, -0.25) is 4.79 Å². The van der Waals surface area contributed by atoms with Crippen molar-refractivity contribution >= 4 is 30.0 Å². The van der Waals surface area contributed by atoms with E-state index in [2.05, 4.69) is 15.3 Å². The second-order valence-corrected chi connectivity index (χ2v) is 7.08. The highest BCUT2D eigenvalue weighted by atomic mass is 19.1. The normalized spacial score (nSPS) is 11.0. The van der Waals surface area contributed by atoms with Crippen LogP contribution in [0.4, 0.5) is 10.2 Å². The molecule has 4 rings (SSSR count). The number of hydrogen-bond acceptors (Lipinski definition) is 6. The highest BCUT2D eigenvalue weighted by molar-refractivity contribution is 6.57. The molecule has 0 saturated carbocycles. The predicted molar refractivity (Wildman–Crippen MR) is 115 cm³/mol. The van der Waals surface area contributed by atoms with Gasteiger partial charge in [0.15, 0.2) is 5.82 Å². The number of hydrogen-bond donors (Lipinski definition) is 4. The van der Waals surface area contributed by atoms with Gasteiger partial charge in [-0.1, -0.05) is 18.2 Å². The summed E-state index contributed by atoms with van der Waals surface area (Å²) in [5.74, 6) is -0.350. The molecule has 0 atom stereocenters. The van der Waals surface area contributed by atoms with Gasteiger partial charge in [0.05, 0.1) is 11.1 Å². The van der Waals surface area contributed by atoms with Crippen LogP contribution in [-0.2, 0) is 6.54 Å². The minimum Gasteiger partial charge on any atom is -0.422 e. The number of carbonyl (C=O) groups excluding carboxylic acids is 1. The lowest BCUT2D eigenvalue weighted by Crippen LogP contribution is -2.33. The van der Waals surface area contributed by atoms with Crippen LogP contribution < -0.4 is 16.6 Å². The number of halogens is 1. The lowest BCUT2D eigenvalue weighted by atomic mass is 9.86. The van der Waals surface area contributed by atoms with Crippen molar-refractivity contribution in [2.24, 2.45) is 5.73 Å². The van der Waals surface area contributed by atoms with E-state index in [0.717, 1.165) is 5.56 Å². The molecule has 0 aliphatic rings. The van der Waals surface area contributed by atoms with Crippen molar-refractivity contribution in [3.63, 3.8) is 0 Å². The van der Waals surface area contributed by atoms with Gasteiger partial charge in [0.25, 0.3) is 5.91 Å². The van der Waals surface area contributed by atoms with Crippen LogP contribution in [0, 0.1) is 12.7 Å². The number of benzene rings is 1. The molecule has 156 valence electrons. The van der Waals surface area contributed by atoms with Crippen molar-refractivity contribution < 1.29 is 19.2 Å². The summed E-state index contributed by atoms with van der Waals surface area (Å²) in [5, 5.41) is 22.5. The van der Waals surface area contributed by atoms with E-state index in [1.807, 2.05) is 6.92 Å². The molecule has 4 aromatic rings. The number of aryl methyl sites for hydroxylation is 1. The minimum absolute atomic E-state index is 0.00320. The molecule has 0 radical (unpaired) electrons. The Balaban J connectivity index is 1.79. The highest BCUT2D eigenvalue weighted by Crippen LogP contribution is 2.28. The van der Waals surface area contributed by atoms with Crippen LogP contribution in [0.1, 0.15) is 21.6 Å². The summed E-state index contributed by atoms with van der Waals surface area (Å²) in [4.78, 5) is 20.6. The van der Waals surface area contributed by atoms with Gasteiger partial charge in [-0.05, 0) is 48.4 Å². The molecule has 0 unspecified atom stereocenters. The Morgan fingerprint density at radius 2 is 1.97 bits per heavy atom. The molecule has 0 aliphatic carbocycles. The molecule has 3 heterocycles. The number of rotatable bonds is 6. The number of nitrogens with zero attached hydrogens (tertiary/aromatic N) is 3. The quantitative estimate of drug-likeness (QED) is 0.349. The molecular weight excluding hydrogens is 400 g/mol. The molecule has 5 N–H and O–H groups in total. The number of nitrogens with two attached hydrogens (primary N) is 1. The monoisotopic (exact) mass is 419 g/mol. The largest absolute Gasteiger partial charge is 0.508 e. The Bertz CT molecular complexity index is 1290. The van der Waals surface area contributed by atoms with Crippen molar-refractivity contribution in [1.29, 1.82) is 0 Å². The standard InChI is InChI=1S/C21H19BFN5O3/c1-12-11-28-15(6-3-7-16(28)20(24)29)19(12)21-26-17(22(30)31)9-18(27-21)25-10-13-4-2-5-14(23)8-13/h2-9,11,30-31H,10H2,1H3,(H2,24,29)(H,25,26,27). The number of anilines is 1. The second kappa shape index (κ2) is 8.17. The fourth-order valence-corrected chi connectivity index (χ4v) is 3.46. The molecule has 0 saturated heterocycles. The first kappa shape index (κ1) is 20.5. The molecule has 8 nitrogen and oxygen atoms in total. The fraction of sp³-hybridized carbons (Fsp3) is 0.0952. The molecule has 0 aliphatic heterocycles. The number of nitrogens with one attached hydrogen (secondary N) is 1. The molecule has 1 amide bonds. The number of amides is 1. The van der Waals surface area contributed by atoms with Crippen LogP contribution in [0.15, 0.2) is 54.7 Å². The average Bonchev–Trinajstić information content (AvgIpc) is 3.07. The van der Waals surface area contributed by atoms with Crippen LogP contribution in [0.3, 0.4) is 0 Å². The molecular formula is C21H19BFN5O3. The lowest BCUT2D eigenvalue weighted by molar-refractivity contribution is 0.0994. The minimum atomic E-state index is -1.81. The first-order chi connectivity index (χ1) is 14.8. The SMILES string of the molecule is Cc1cn2c(C(N)=O)cccc2c1-c1nc(NCc2cccc(F)c2)cc(B(O)O)n1. The molecule has 0 fully saturated rings. The summed E-state index contributed by atoms with van der Waals surface area (Å²) < 4.78 is 15.1. The van der Waals surface area contributed by atoms with E-state index in [1.165, 1.54) is 18.2 Å². The summed E-state index contributed by atoms with van der Waals surface area (Å²) in [6, 6.07) is 12.6. The number of pyridine rings is 1. The molecule has 0 spiro atoms. The van der Waals surface area contributed by atoms with Crippen molar-refractivity contribution in [2.45, 2.75) is 13.5 Å². The zero-order chi connectivity index (χ0) is 22.1. The maximum Gasteiger partial charge on any atom is 0.508 e. The molecule has 1 aromatic carbocycles. The van der Waals surface area contributed by atoms with Gasteiger partial charge in [0.2, 0.25) is 0 Å². The van der Waals surface area contributed by atoms with E-state index in [0.29, 0.717) is 28.2 Å². The third-order valence-corrected chi connectivity index (χ3v) is 4.85. The summed E-state index contributed by atoms with van der Waals surface area (Å²) >= 11 is 0. The molecule has 10 heteroatoms. The number of carbonyl (C=O) groups is 1. The van der Waals surface area contributed by atoms with E-state index >= 15 is 0 Å². The van der Waals surface area contributed by atoms with Crippen molar-refractivity contribution in [3.8, 4) is 11.4 Å². The highest BCUT2D eigenvalue weighted by Gasteiger charge is 2.21. The van der Waals surface area contributed by atoms with Gasteiger partial charge in [-0.2, -0.15) is 0 Å². The zero-order valence-corrected chi connectivity index (χ0v) is 16.6. The zero-order valence-electron chi connectivity index (χ0n) is 16.6. The van der Waals surface area contributed by atoms with E-state index in [1.54, 1.807) is 40.9 Å². The van der Waals surface area contributed by atoms with Gasteiger partial charge in [-0.15, -0.1) is 0 Å². The Morgan fingerprint density at radius 3 is 2.68 bits per heavy atom. The Labute approximate surface area is 177 Å². The first-order valence-electron chi connectivity index (χ1n) is 9.48. The van der Waals surface area contributed by atoms with Crippen molar-refractivity contribution in [3.05, 3.63) is 77.4 Å². The summed E-state index contributed by atoms with van der Waals surface area (Å²) in [6.07, 6.45) is 1.75. The van der Waals surface area contributed by atoms with E-state index in [4.69, 9.17) is 5.73 Å². The van der Waals surface area contributed by atoms with Crippen molar-refractivity contribution in [1.82, 2.24) is 14.4 Å². The van der Waals surface area contributed by atoms with Crippen LogP contribution in [0.25, 0.3) is 16.9 Å².